The average molecular weight is 370 g/mol. The fourth-order valence-corrected chi connectivity index (χ4v) is 3.71. The zero-order valence-corrected chi connectivity index (χ0v) is 14.6. The smallest absolute Gasteiger partial charge is 0.316 e. The number of ether oxygens (including phenoxy) is 1. The highest BCUT2D eigenvalue weighted by molar-refractivity contribution is 8.93. The standard InChI is InChI=1S/C17H23NO3.BrH/c1-18-13-7-8-14(18)10-15(9-13)21-17(20)16(11-19)12-5-3-2-4-6-12;/h2-6,13-16,19H,7-11H2,1H3;1H/t13-,14+,15?,16-;/m1./s1. The van der Waals surface area contributed by atoms with Crippen LogP contribution in [0.2, 0.25) is 0 Å². The number of benzene rings is 1. The first-order valence-corrected chi connectivity index (χ1v) is 7.77. The number of fused-ring (bicyclic) bond motifs is 2. The van der Waals surface area contributed by atoms with Gasteiger partial charge in [0.2, 0.25) is 0 Å². The van der Waals surface area contributed by atoms with E-state index in [1.165, 1.54) is 12.8 Å². The average Bonchev–Trinajstić information content (AvgIpc) is 2.72. The molecule has 0 saturated carbocycles. The summed E-state index contributed by atoms with van der Waals surface area (Å²) in [5.74, 6) is -0.860. The van der Waals surface area contributed by atoms with Gasteiger partial charge in [-0.2, -0.15) is 0 Å². The van der Waals surface area contributed by atoms with Gasteiger partial charge in [-0.15, -0.1) is 17.0 Å². The van der Waals surface area contributed by atoms with Crippen molar-refractivity contribution in [2.45, 2.75) is 49.8 Å². The second kappa shape index (κ2) is 7.57. The second-order valence-corrected chi connectivity index (χ2v) is 6.23. The third-order valence-electron chi connectivity index (χ3n) is 5.01. The van der Waals surface area contributed by atoms with E-state index in [1.807, 2.05) is 30.3 Å². The largest absolute Gasteiger partial charge is 0.462 e. The van der Waals surface area contributed by atoms with E-state index in [9.17, 15) is 9.90 Å². The van der Waals surface area contributed by atoms with Crippen LogP contribution in [-0.4, -0.2) is 47.8 Å². The minimum absolute atomic E-state index is 0. The molecular formula is C17H24BrNO3. The van der Waals surface area contributed by atoms with Crippen molar-refractivity contribution in [1.29, 1.82) is 0 Å². The Morgan fingerprint density at radius 1 is 1.27 bits per heavy atom. The minimum Gasteiger partial charge on any atom is -0.462 e. The monoisotopic (exact) mass is 369 g/mol. The molecule has 1 aromatic carbocycles. The van der Waals surface area contributed by atoms with E-state index in [2.05, 4.69) is 11.9 Å². The zero-order chi connectivity index (χ0) is 14.8. The first kappa shape index (κ1) is 17.4. The topological polar surface area (TPSA) is 49.8 Å². The van der Waals surface area contributed by atoms with E-state index < -0.39 is 5.92 Å². The summed E-state index contributed by atoms with van der Waals surface area (Å²) in [5, 5.41) is 9.53. The molecule has 1 aromatic rings. The summed E-state index contributed by atoms with van der Waals surface area (Å²) in [5.41, 5.74) is 0.820. The maximum absolute atomic E-state index is 12.4. The molecule has 22 heavy (non-hydrogen) atoms. The molecular weight excluding hydrogens is 346 g/mol. The second-order valence-electron chi connectivity index (χ2n) is 6.23. The van der Waals surface area contributed by atoms with Gasteiger partial charge in [0.25, 0.3) is 0 Å². The summed E-state index contributed by atoms with van der Waals surface area (Å²) in [6.07, 6.45) is 4.26. The summed E-state index contributed by atoms with van der Waals surface area (Å²) in [6.45, 7) is -0.206. The maximum atomic E-state index is 12.4. The number of rotatable bonds is 4. The Balaban J connectivity index is 0.00000176. The lowest BCUT2D eigenvalue weighted by atomic mass is 9.98. The predicted octanol–water partition coefficient (Wildman–Crippen LogP) is 2.51. The number of esters is 1. The van der Waals surface area contributed by atoms with Crippen molar-refractivity contribution in [3.05, 3.63) is 35.9 Å². The quantitative estimate of drug-likeness (QED) is 0.828. The number of aliphatic hydroxyl groups is 1. The van der Waals surface area contributed by atoms with Crippen molar-refractivity contribution in [1.82, 2.24) is 4.90 Å². The van der Waals surface area contributed by atoms with Crippen molar-refractivity contribution in [3.8, 4) is 0 Å². The molecule has 0 amide bonds. The van der Waals surface area contributed by atoms with Crippen molar-refractivity contribution in [2.24, 2.45) is 0 Å². The van der Waals surface area contributed by atoms with Crippen LogP contribution < -0.4 is 0 Å². The van der Waals surface area contributed by atoms with E-state index in [1.54, 1.807) is 0 Å². The van der Waals surface area contributed by atoms with Gasteiger partial charge in [0.1, 0.15) is 12.0 Å². The van der Waals surface area contributed by atoms with Gasteiger partial charge in [-0.25, -0.2) is 0 Å². The Bertz CT molecular complexity index is 482. The van der Waals surface area contributed by atoms with Crippen molar-refractivity contribution < 1.29 is 14.6 Å². The third kappa shape index (κ3) is 3.53. The molecule has 2 heterocycles. The van der Waals surface area contributed by atoms with Gasteiger partial charge in [0.15, 0.2) is 0 Å². The first-order chi connectivity index (χ1) is 10.2. The normalized spacial score (nSPS) is 28.7. The van der Waals surface area contributed by atoms with E-state index in [0.717, 1.165) is 18.4 Å². The summed E-state index contributed by atoms with van der Waals surface area (Å²) in [6, 6.07) is 10.5. The zero-order valence-electron chi connectivity index (χ0n) is 12.9. The number of carbonyl (C=O) groups is 1. The van der Waals surface area contributed by atoms with Gasteiger partial charge in [0, 0.05) is 12.1 Å². The highest BCUT2D eigenvalue weighted by Crippen LogP contribution is 2.36. The molecule has 1 unspecified atom stereocenters. The van der Waals surface area contributed by atoms with Crippen molar-refractivity contribution in [3.63, 3.8) is 0 Å². The van der Waals surface area contributed by atoms with Crippen LogP contribution in [0.1, 0.15) is 37.2 Å². The molecule has 0 spiro atoms. The van der Waals surface area contributed by atoms with Gasteiger partial charge >= 0.3 is 5.97 Å². The molecule has 2 bridgehead atoms. The van der Waals surface area contributed by atoms with Crippen LogP contribution >= 0.6 is 17.0 Å². The van der Waals surface area contributed by atoms with E-state index in [4.69, 9.17) is 4.74 Å². The van der Waals surface area contributed by atoms with Crippen molar-refractivity contribution >= 4 is 23.0 Å². The van der Waals surface area contributed by atoms with Gasteiger partial charge in [0.05, 0.1) is 6.61 Å². The molecule has 0 aliphatic carbocycles. The van der Waals surface area contributed by atoms with Crippen LogP contribution in [0.25, 0.3) is 0 Å². The molecule has 2 fully saturated rings. The highest BCUT2D eigenvalue weighted by atomic mass is 79.9. The molecule has 3 rings (SSSR count). The first-order valence-electron chi connectivity index (χ1n) is 7.77. The molecule has 2 aliphatic rings. The van der Waals surface area contributed by atoms with Crippen LogP contribution in [-0.2, 0) is 9.53 Å². The highest BCUT2D eigenvalue weighted by Gasteiger charge is 2.40. The minimum atomic E-state index is -0.566. The fraction of sp³-hybridized carbons (Fsp3) is 0.588. The molecule has 0 radical (unpaired) electrons. The van der Waals surface area contributed by atoms with Crippen LogP contribution in [0.3, 0.4) is 0 Å². The molecule has 4 atom stereocenters. The number of piperidine rings is 1. The number of hydrogen-bond donors (Lipinski definition) is 1. The number of aliphatic hydroxyl groups excluding tert-OH is 1. The Morgan fingerprint density at radius 2 is 1.86 bits per heavy atom. The van der Waals surface area contributed by atoms with E-state index in [0.29, 0.717) is 12.1 Å². The Morgan fingerprint density at radius 3 is 2.41 bits per heavy atom. The molecule has 0 aromatic heterocycles. The molecule has 4 nitrogen and oxygen atoms in total. The van der Waals surface area contributed by atoms with Gasteiger partial charge < -0.3 is 14.7 Å². The number of hydrogen-bond acceptors (Lipinski definition) is 4. The molecule has 2 aliphatic heterocycles. The molecule has 2 saturated heterocycles. The lowest BCUT2D eigenvalue weighted by molar-refractivity contribution is -0.155. The maximum Gasteiger partial charge on any atom is 0.316 e. The molecule has 122 valence electrons. The number of carbonyl (C=O) groups excluding carboxylic acids is 1. The van der Waals surface area contributed by atoms with E-state index in [-0.39, 0.29) is 35.7 Å². The Hall–Kier alpha value is -0.910. The molecule has 5 heteroatoms. The summed E-state index contributed by atoms with van der Waals surface area (Å²) in [7, 11) is 2.17. The number of nitrogens with zero attached hydrogens (tertiary/aromatic N) is 1. The summed E-state index contributed by atoms with van der Waals surface area (Å²) < 4.78 is 5.70. The third-order valence-corrected chi connectivity index (χ3v) is 5.01. The Labute approximate surface area is 142 Å². The lowest BCUT2D eigenvalue weighted by Gasteiger charge is -2.36. The van der Waals surface area contributed by atoms with Crippen LogP contribution in [0.4, 0.5) is 0 Å². The Kier molecular flexibility index (Phi) is 6.01. The van der Waals surface area contributed by atoms with Gasteiger partial charge in [-0.3, -0.25) is 4.79 Å². The van der Waals surface area contributed by atoms with Gasteiger partial charge in [-0.05, 0) is 38.3 Å². The summed E-state index contributed by atoms with van der Waals surface area (Å²) >= 11 is 0. The van der Waals surface area contributed by atoms with Crippen LogP contribution in [0.5, 0.6) is 0 Å². The number of halogens is 1. The van der Waals surface area contributed by atoms with E-state index >= 15 is 0 Å². The fourth-order valence-electron chi connectivity index (χ4n) is 3.71. The van der Waals surface area contributed by atoms with Crippen molar-refractivity contribution in [2.75, 3.05) is 13.7 Å². The molecule has 1 N–H and O–H groups in total. The lowest BCUT2D eigenvalue weighted by Crippen LogP contribution is -2.43. The SMILES string of the molecule is Br.CN1[C@@H]2CC[C@H]1CC(OC(=O)[C@H](CO)c1ccccc1)C2. The summed E-state index contributed by atoms with van der Waals surface area (Å²) in [4.78, 5) is 14.8. The van der Waals surface area contributed by atoms with Crippen LogP contribution in [0.15, 0.2) is 30.3 Å². The van der Waals surface area contributed by atoms with Gasteiger partial charge in [-0.1, -0.05) is 30.3 Å². The van der Waals surface area contributed by atoms with Crippen LogP contribution in [0, 0.1) is 0 Å². The predicted molar refractivity (Wildman–Crippen MR) is 90.3 cm³/mol.